The van der Waals surface area contributed by atoms with Crippen LogP contribution in [0.4, 0.5) is 5.69 Å². The highest BCUT2D eigenvalue weighted by Crippen LogP contribution is 2.25. The van der Waals surface area contributed by atoms with Crippen LogP contribution in [0.2, 0.25) is 0 Å². The summed E-state index contributed by atoms with van der Waals surface area (Å²) in [6.07, 6.45) is 2.75. The molecule has 3 N–H and O–H groups in total. The fraction of sp³-hybridized carbons (Fsp3) is 0.538. The Morgan fingerprint density at radius 1 is 1.13 bits per heavy atom. The SMILES string of the molecule is CCC(CC)CC(O)c1ccc(N)cc1. The summed E-state index contributed by atoms with van der Waals surface area (Å²) in [6.45, 7) is 4.34. The smallest absolute Gasteiger partial charge is 0.0792 e. The zero-order valence-electron chi connectivity index (χ0n) is 9.61. The molecule has 1 unspecified atom stereocenters. The van der Waals surface area contributed by atoms with Crippen molar-refractivity contribution in [2.24, 2.45) is 5.92 Å². The summed E-state index contributed by atoms with van der Waals surface area (Å²) in [5.74, 6) is 0.609. The Balaban J connectivity index is 2.60. The van der Waals surface area contributed by atoms with Gasteiger partial charge in [0.25, 0.3) is 0 Å². The topological polar surface area (TPSA) is 46.2 Å². The lowest BCUT2D eigenvalue weighted by atomic mass is 9.93. The minimum Gasteiger partial charge on any atom is -0.399 e. The van der Waals surface area contributed by atoms with Crippen LogP contribution in [0, 0.1) is 5.92 Å². The number of hydrogen-bond acceptors (Lipinski definition) is 2. The molecule has 0 fully saturated rings. The number of aliphatic hydroxyl groups excluding tert-OH is 1. The van der Waals surface area contributed by atoms with Crippen LogP contribution in [0.5, 0.6) is 0 Å². The maximum absolute atomic E-state index is 10.0. The Bertz CT molecular complexity index is 277. The molecule has 1 rings (SSSR count). The van der Waals surface area contributed by atoms with E-state index in [2.05, 4.69) is 13.8 Å². The minimum absolute atomic E-state index is 0.351. The first-order valence-corrected chi connectivity index (χ1v) is 5.70. The summed E-state index contributed by atoms with van der Waals surface area (Å²) in [4.78, 5) is 0. The van der Waals surface area contributed by atoms with Gasteiger partial charge in [0.2, 0.25) is 0 Å². The third-order valence-electron chi connectivity index (χ3n) is 3.03. The van der Waals surface area contributed by atoms with E-state index < -0.39 is 0 Å². The molecule has 1 aromatic rings. The highest BCUT2D eigenvalue weighted by atomic mass is 16.3. The van der Waals surface area contributed by atoms with Crippen molar-refractivity contribution in [1.82, 2.24) is 0 Å². The maximum atomic E-state index is 10.0. The van der Waals surface area contributed by atoms with Gasteiger partial charge in [0.05, 0.1) is 6.10 Å². The molecule has 0 saturated carbocycles. The Morgan fingerprint density at radius 2 is 1.67 bits per heavy atom. The van der Waals surface area contributed by atoms with Crippen molar-refractivity contribution >= 4 is 5.69 Å². The summed E-state index contributed by atoms with van der Waals surface area (Å²) in [6, 6.07) is 7.49. The molecule has 0 amide bonds. The standard InChI is InChI=1S/C13H21NO/c1-3-10(4-2)9-13(15)11-5-7-12(14)8-6-11/h5-8,10,13,15H,3-4,9,14H2,1-2H3. The van der Waals surface area contributed by atoms with Gasteiger partial charge in [0, 0.05) is 5.69 Å². The molecule has 0 aromatic heterocycles. The Kier molecular flexibility index (Phi) is 4.63. The summed E-state index contributed by atoms with van der Waals surface area (Å²) >= 11 is 0. The molecule has 0 aliphatic rings. The van der Waals surface area contributed by atoms with Crippen LogP contribution < -0.4 is 5.73 Å². The first-order valence-electron chi connectivity index (χ1n) is 5.70. The molecule has 0 radical (unpaired) electrons. The van der Waals surface area contributed by atoms with E-state index in [1.54, 1.807) is 0 Å². The van der Waals surface area contributed by atoms with E-state index in [1.807, 2.05) is 24.3 Å². The lowest BCUT2D eigenvalue weighted by molar-refractivity contribution is 0.141. The predicted molar refractivity (Wildman–Crippen MR) is 64.5 cm³/mol. The largest absolute Gasteiger partial charge is 0.399 e. The molecule has 0 heterocycles. The number of hydrogen-bond donors (Lipinski definition) is 2. The highest BCUT2D eigenvalue weighted by Gasteiger charge is 2.12. The van der Waals surface area contributed by atoms with E-state index in [0.29, 0.717) is 5.92 Å². The van der Waals surface area contributed by atoms with Gasteiger partial charge in [-0.2, -0.15) is 0 Å². The van der Waals surface area contributed by atoms with Gasteiger partial charge < -0.3 is 10.8 Å². The van der Waals surface area contributed by atoms with Gasteiger partial charge in [-0.3, -0.25) is 0 Å². The molecule has 84 valence electrons. The van der Waals surface area contributed by atoms with Crippen LogP contribution >= 0.6 is 0 Å². The first kappa shape index (κ1) is 12.1. The maximum Gasteiger partial charge on any atom is 0.0792 e. The van der Waals surface area contributed by atoms with Crippen molar-refractivity contribution in [3.05, 3.63) is 29.8 Å². The van der Waals surface area contributed by atoms with Crippen molar-refractivity contribution in [3.8, 4) is 0 Å². The number of nitrogen functional groups attached to an aromatic ring is 1. The molecule has 0 aliphatic heterocycles. The average Bonchev–Trinajstić information content (AvgIpc) is 2.26. The van der Waals surface area contributed by atoms with Crippen molar-refractivity contribution in [2.45, 2.75) is 39.2 Å². The molecular formula is C13H21NO. The quantitative estimate of drug-likeness (QED) is 0.729. The number of nitrogens with two attached hydrogens (primary N) is 1. The summed E-state index contributed by atoms with van der Waals surface area (Å²) in [7, 11) is 0. The van der Waals surface area contributed by atoms with Gasteiger partial charge in [0.1, 0.15) is 0 Å². The van der Waals surface area contributed by atoms with Crippen LogP contribution in [0.15, 0.2) is 24.3 Å². The third kappa shape index (κ3) is 3.56. The molecular weight excluding hydrogens is 186 g/mol. The van der Waals surface area contributed by atoms with Gasteiger partial charge in [-0.15, -0.1) is 0 Å². The normalized spacial score (nSPS) is 13.1. The number of anilines is 1. The van der Waals surface area contributed by atoms with Crippen LogP contribution in [0.25, 0.3) is 0 Å². The van der Waals surface area contributed by atoms with E-state index in [-0.39, 0.29) is 6.10 Å². The Hall–Kier alpha value is -1.02. The Morgan fingerprint density at radius 3 is 2.13 bits per heavy atom. The van der Waals surface area contributed by atoms with E-state index >= 15 is 0 Å². The lowest BCUT2D eigenvalue weighted by Crippen LogP contribution is -2.06. The molecule has 0 aliphatic carbocycles. The molecule has 15 heavy (non-hydrogen) atoms. The number of benzene rings is 1. The van der Waals surface area contributed by atoms with Crippen LogP contribution in [0.3, 0.4) is 0 Å². The predicted octanol–water partition coefficient (Wildman–Crippen LogP) is 3.13. The molecule has 2 nitrogen and oxygen atoms in total. The van der Waals surface area contributed by atoms with Crippen molar-refractivity contribution in [2.75, 3.05) is 5.73 Å². The van der Waals surface area contributed by atoms with E-state index in [9.17, 15) is 5.11 Å². The molecule has 0 spiro atoms. The highest BCUT2D eigenvalue weighted by molar-refractivity contribution is 5.39. The van der Waals surface area contributed by atoms with Gasteiger partial charge >= 0.3 is 0 Å². The third-order valence-corrected chi connectivity index (χ3v) is 3.03. The van der Waals surface area contributed by atoms with E-state index in [1.165, 1.54) is 0 Å². The van der Waals surface area contributed by atoms with Crippen LogP contribution in [-0.2, 0) is 0 Å². The van der Waals surface area contributed by atoms with Gasteiger partial charge in [-0.1, -0.05) is 38.8 Å². The lowest BCUT2D eigenvalue weighted by Gasteiger charge is -2.17. The molecule has 2 heteroatoms. The van der Waals surface area contributed by atoms with Crippen molar-refractivity contribution < 1.29 is 5.11 Å². The second kappa shape index (κ2) is 5.76. The van der Waals surface area contributed by atoms with Gasteiger partial charge in [-0.05, 0) is 30.0 Å². The zero-order valence-corrected chi connectivity index (χ0v) is 9.61. The van der Waals surface area contributed by atoms with Crippen molar-refractivity contribution in [3.63, 3.8) is 0 Å². The Labute approximate surface area is 92.1 Å². The molecule has 1 aromatic carbocycles. The van der Waals surface area contributed by atoms with Crippen LogP contribution in [0.1, 0.15) is 44.8 Å². The molecule has 0 saturated heterocycles. The van der Waals surface area contributed by atoms with Gasteiger partial charge in [-0.25, -0.2) is 0 Å². The number of aliphatic hydroxyl groups is 1. The van der Waals surface area contributed by atoms with E-state index in [0.717, 1.165) is 30.5 Å². The fourth-order valence-electron chi connectivity index (χ4n) is 1.79. The summed E-state index contributed by atoms with van der Waals surface area (Å²) in [5.41, 5.74) is 7.31. The van der Waals surface area contributed by atoms with Crippen LogP contribution in [-0.4, -0.2) is 5.11 Å². The minimum atomic E-state index is -0.351. The second-order valence-corrected chi connectivity index (χ2v) is 4.10. The number of rotatable bonds is 5. The fourth-order valence-corrected chi connectivity index (χ4v) is 1.79. The zero-order chi connectivity index (χ0) is 11.3. The summed E-state index contributed by atoms with van der Waals surface area (Å²) in [5, 5.41) is 10.0. The second-order valence-electron chi connectivity index (χ2n) is 4.10. The molecule has 0 bridgehead atoms. The van der Waals surface area contributed by atoms with E-state index in [4.69, 9.17) is 5.73 Å². The molecule has 1 atom stereocenters. The van der Waals surface area contributed by atoms with Crippen molar-refractivity contribution in [1.29, 1.82) is 0 Å². The summed E-state index contributed by atoms with van der Waals surface area (Å²) < 4.78 is 0. The van der Waals surface area contributed by atoms with Gasteiger partial charge in [0.15, 0.2) is 0 Å². The monoisotopic (exact) mass is 207 g/mol. The average molecular weight is 207 g/mol. The first-order chi connectivity index (χ1) is 7.17.